The Bertz CT molecular complexity index is 379. The zero-order chi connectivity index (χ0) is 14.6. The van der Waals surface area contributed by atoms with Gasteiger partial charge >= 0.3 is 0 Å². The second kappa shape index (κ2) is 10.2. The summed E-state index contributed by atoms with van der Waals surface area (Å²) in [5, 5.41) is 12.0. The summed E-state index contributed by atoms with van der Waals surface area (Å²) in [6.07, 6.45) is 4.25. The molecule has 0 spiro atoms. The van der Waals surface area contributed by atoms with E-state index < -0.39 is 5.91 Å². The predicted molar refractivity (Wildman–Crippen MR) is 78.4 cm³/mol. The largest absolute Gasteiger partial charge is 0.484 e. The number of aliphatic hydroxyl groups excluding tert-OH is 1. The highest BCUT2D eigenvalue weighted by Crippen LogP contribution is 2.11. The first-order chi connectivity index (χ1) is 9.72. The van der Waals surface area contributed by atoms with Gasteiger partial charge in [0.15, 0.2) is 6.61 Å². The molecule has 5 nitrogen and oxygen atoms in total. The smallest absolute Gasteiger partial charge is 0.255 e. The van der Waals surface area contributed by atoms with E-state index in [1.54, 1.807) is 0 Å². The van der Waals surface area contributed by atoms with E-state index in [0.717, 1.165) is 38.8 Å². The summed E-state index contributed by atoms with van der Waals surface area (Å²) in [5.74, 6) is 0.175. The summed E-state index contributed by atoms with van der Waals surface area (Å²) in [5.41, 5.74) is 6.18. The standard InChI is InChI=1S/C15H24N2O3/c16-15(19)12-20-14-7-5-13(6-8-14)11-17-9-3-1-2-4-10-18/h5-8,17-18H,1-4,9-12H2,(H2,16,19). The van der Waals surface area contributed by atoms with Crippen LogP contribution in [0.5, 0.6) is 5.75 Å². The molecular weight excluding hydrogens is 256 g/mol. The second-order valence-corrected chi connectivity index (χ2v) is 4.71. The maximum absolute atomic E-state index is 10.6. The van der Waals surface area contributed by atoms with Crippen molar-refractivity contribution in [2.24, 2.45) is 5.73 Å². The summed E-state index contributed by atoms with van der Waals surface area (Å²) < 4.78 is 5.19. The molecule has 1 rings (SSSR count). The maximum atomic E-state index is 10.6. The van der Waals surface area contributed by atoms with Gasteiger partial charge in [0.05, 0.1) is 0 Å². The maximum Gasteiger partial charge on any atom is 0.255 e. The molecule has 1 aromatic rings. The molecule has 0 heterocycles. The highest BCUT2D eigenvalue weighted by Gasteiger charge is 1.98. The summed E-state index contributed by atoms with van der Waals surface area (Å²) in [6.45, 7) is 1.99. The Morgan fingerprint density at radius 1 is 1.15 bits per heavy atom. The van der Waals surface area contributed by atoms with E-state index in [1.807, 2.05) is 24.3 Å². The Labute approximate surface area is 120 Å². The minimum absolute atomic E-state index is 0.0918. The molecule has 0 aromatic heterocycles. The molecule has 0 unspecified atom stereocenters. The number of carbonyl (C=O) groups excluding carboxylic acids is 1. The molecule has 1 amide bonds. The van der Waals surface area contributed by atoms with Crippen molar-refractivity contribution in [3.8, 4) is 5.75 Å². The number of rotatable bonds is 11. The number of hydrogen-bond acceptors (Lipinski definition) is 4. The van der Waals surface area contributed by atoms with Crippen LogP contribution in [0.3, 0.4) is 0 Å². The number of carbonyl (C=O) groups is 1. The highest BCUT2D eigenvalue weighted by atomic mass is 16.5. The van der Waals surface area contributed by atoms with Crippen LogP contribution in [0.1, 0.15) is 31.2 Å². The number of hydrogen-bond donors (Lipinski definition) is 3. The van der Waals surface area contributed by atoms with Gasteiger partial charge in [-0.3, -0.25) is 4.79 Å². The van der Waals surface area contributed by atoms with Crippen LogP contribution in [0.2, 0.25) is 0 Å². The lowest BCUT2D eigenvalue weighted by Crippen LogP contribution is -2.20. The first-order valence-electron chi connectivity index (χ1n) is 7.04. The molecule has 112 valence electrons. The molecule has 4 N–H and O–H groups in total. The van der Waals surface area contributed by atoms with Gasteiger partial charge in [-0.15, -0.1) is 0 Å². The van der Waals surface area contributed by atoms with Crippen LogP contribution < -0.4 is 15.8 Å². The molecule has 1 aromatic carbocycles. The van der Waals surface area contributed by atoms with Gasteiger partial charge in [-0.1, -0.05) is 25.0 Å². The van der Waals surface area contributed by atoms with Crippen LogP contribution in [0, 0.1) is 0 Å². The Morgan fingerprint density at radius 3 is 2.50 bits per heavy atom. The fourth-order valence-electron chi connectivity index (χ4n) is 1.81. The molecule has 0 aliphatic carbocycles. The average molecular weight is 280 g/mol. The number of nitrogens with two attached hydrogens (primary N) is 1. The Balaban J connectivity index is 2.13. The third kappa shape index (κ3) is 7.76. The molecule has 0 bridgehead atoms. The van der Waals surface area contributed by atoms with Crippen LogP contribution in [-0.4, -0.2) is 30.8 Å². The minimum atomic E-state index is -0.475. The highest BCUT2D eigenvalue weighted by molar-refractivity contribution is 5.75. The lowest BCUT2D eigenvalue weighted by atomic mass is 10.2. The molecule has 0 atom stereocenters. The predicted octanol–water partition coefficient (Wildman–Crippen LogP) is 1.19. The SMILES string of the molecule is NC(=O)COc1ccc(CNCCCCCCO)cc1. The minimum Gasteiger partial charge on any atom is -0.484 e. The number of ether oxygens (including phenoxy) is 1. The average Bonchev–Trinajstić information content (AvgIpc) is 2.45. The van der Waals surface area contributed by atoms with E-state index in [9.17, 15) is 4.79 Å². The van der Waals surface area contributed by atoms with Gasteiger partial charge < -0.3 is 20.9 Å². The summed E-state index contributed by atoms with van der Waals surface area (Å²) in [4.78, 5) is 10.6. The lowest BCUT2D eigenvalue weighted by molar-refractivity contribution is -0.119. The lowest BCUT2D eigenvalue weighted by Gasteiger charge is -2.07. The molecule has 0 aliphatic heterocycles. The molecule has 0 saturated heterocycles. The van der Waals surface area contributed by atoms with Crippen LogP contribution in [0.4, 0.5) is 0 Å². The topological polar surface area (TPSA) is 84.6 Å². The van der Waals surface area contributed by atoms with Gasteiger partial charge in [0.2, 0.25) is 0 Å². The van der Waals surface area contributed by atoms with Crippen molar-refractivity contribution >= 4 is 5.91 Å². The zero-order valence-corrected chi connectivity index (χ0v) is 11.8. The van der Waals surface area contributed by atoms with Gasteiger partial charge in [0, 0.05) is 13.2 Å². The van der Waals surface area contributed by atoms with Crippen LogP contribution in [0.15, 0.2) is 24.3 Å². The second-order valence-electron chi connectivity index (χ2n) is 4.71. The van der Waals surface area contributed by atoms with E-state index >= 15 is 0 Å². The monoisotopic (exact) mass is 280 g/mol. The number of amides is 1. The molecule has 0 radical (unpaired) electrons. The fraction of sp³-hybridized carbons (Fsp3) is 0.533. The molecule has 20 heavy (non-hydrogen) atoms. The number of unbranched alkanes of at least 4 members (excludes halogenated alkanes) is 3. The Morgan fingerprint density at radius 2 is 1.85 bits per heavy atom. The number of primary amides is 1. The van der Waals surface area contributed by atoms with Crippen molar-refractivity contribution in [1.29, 1.82) is 0 Å². The van der Waals surface area contributed by atoms with Crippen molar-refractivity contribution in [1.82, 2.24) is 5.32 Å². The van der Waals surface area contributed by atoms with Gasteiger partial charge in [-0.2, -0.15) is 0 Å². The molecule has 0 saturated carbocycles. The van der Waals surface area contributed by atoms with Gasteiger partial charge in [0.25, 0.3) is 5.91 Å². The van der Waals surface area contributed by atoms with Crippen molar-refractivity contribution in [3.05, 3.63) is 29.8 Å². The van der Waals surface area contributed by atoms with E-state index in [1.165, 1.54) is 5.56 Å². The van der Waals surface area contributed by atoms with E-state index in [4.69, 9.17) is 15.6 Å². The van der Waals surface area contributed by atoms with Crippen LogP contribution in [-0.2, 0) is 11.3 Å². The fourth-order valence-corrected chi connectivity index (χ4v) is 1.81. The third-order valence-corrected chi connectivity index (χ3v) is 2.90. The zero-order valence-electron chi connectivity index (χ0n) is 11.8. The van der Waals surface area contributed by atoms with Crippen molar-refractivity contribution in [2.75, 3.05) is 19.8 Å². The summed E-state index contributed by atoms with van der Waals surface area (Å²) >= 11 is 0. The summed E-state index contributed by atoms with van der Waals surface area (Å²) in [6, 6.07) is 7.60. The summed E-state index contributed by atoms with van der Waals surface area (Å²) in [7, 11) is 0. The molecule has 0 aliphatic rings. The Hall–Kier alpha value is -1.59. The third-order valence-electron chi connectivity index (χ3n) is 2.90. The molecular formula is C15H24N2O3. The van der Waals surface area contributed by atoms with Gasteiger partial charge in [0.1, 0.15) is 5.75 Å². The van der Waals surface area contributed by atoms with Crippen LogP contribution >= 0.6 is 0 Å². The number of nitrogens with one attached hydrogen (secondary N) is 1. The molecule has 0 fully saturated rings. The van der Waals surface area contributed by atoms with Crippen molar-refractivity contribution in [3.63, 3.8) is 0 Å². The van der Waals surface area contributed by atoms with Gasteiger partial charge in [-0.25, -0.2) is 0 Å². The quantitative estimate of drug-likeness (QED) is 0.532. The number of aliphatic hydroxyl groups is 1. The normalized spacial score (nSPS) is 10.4. The van der Waals surface area contributed by atoms with E-state index in [0.29, 0.717) is 5.75 Å². The van der Waals surface area contributed by atoms with E-state index in [-0.39, 0.29) is 13.2 Å². The first kappa shape index (κ1) is 16.5. The van der Waals surface area contributed by atoms with E-state index in [2.05, 4.69) is 5.32 Å². The first-order valence-corrected chi connectivity index (χ1v) is 7.04. The van der Waals surface area contributed by atoms with Gasteiger partial charge in [-0.05, 0) is 37.1 Å². The number of benzene rings is 1. The van der Waals surface area contributed by atoms with Crippen molar-refractivity contribution < 1.29 is 14.6 Å². The van der Waals surface area contributed by atoms with Crippen LogP contribution in [0.25, 0.3) is 0 Å². The van der Waals surface area contributed by atoms with Crippen molar-refractivity contribution in [2.45, 2.75) is 32.2 Å². The Kier molecular flexibility index (Phi) is 8.42. The molecule has 5 heteroatoms.